The van der Waals surface area contributed by atoms with Gasteiger partial charge in [0.25, 0.3) is 5.91 Å². The number of amides is 1. The number of hydrogen-bond acceptors (Lipinski definition) is 3. The standard InChI is InChI=1S/C4Cl2N4OS/c5-2-1(3(11)9-10-7)8-4(6)12-2. The van der Waals surface area contributed by atoms with Crippen LogP contribution in [-0.2, 0) is 0 Å². The highest BCUT2D eigenvalue weighted by Gasteiger charge is 2.14. The number of halogens is 2. The molecule has 0 spiro atoms. The summed E-state index contributed by atoms with van der Waals surface area (Å²) in [5.41, 5.74) is 7.83. The van der Waals surface area contributed by atoms with E-state index < -0.39 is 5.91 Å². The number of nitrogens with zero attached hydrogens (tertiary/aromatic N) is 4. The molecule has 0 bridgehead atoms. The summed E-state index contributed by atoms with van der Waals surface area (Å²) in [5.74, 6) is -0.828. The van der Waals surface area contributed by atoms with Gasteiger partial charge in [0.05, 0.1) is 0 Å². The van der Waals surface area contributed by atoms with Crippen LogP contribution < -0.4 is 0 Å². The molecule has 0 atom stereocenters. The quantitative estimate of drug-likeness (QED) is 0.416. The second-order valence-corrected chi connectivity index (χ2v) is 3.77. The van der Waals surface area contributed by atoms with Crippen molar-refractivity contribution in [3.8, 4) is 0 Å². The van der Waals surface area contributed by atoms with Crippen LogP contribution in [0.4, 0.5) is 0 Å². The van der Waals surface area contributed by atoms with E-state index in [1.807, 2.05) is 0 Å². The second-order valence-electron chi connectivity index (χ2n) is 1.58. The van der Waals surface area contributed by atoms with Crippen molar-refractivity contribution in [2.45, 2.75) is 0 Å². The Morgan fingerprint density at radius 3 is 2.75 bits per heavy atom. The molecule has 12 heavy (non-hydrogen) atoms. The average molecular weight is 223 g/mol. The van der Waals surface area contributed by atoms with E-state index in [1.54, 1.807) is 0 Å². The van der Waals surface area contributed by atoms with E-state index >= 15 is 0 Å². The third kappa shape index (κ3) is 1.86. The first-order chi connectivity index (χ1) is 5.65. The Labute approximate surface area is 80.6 Å². The lowest BCUT2D eigenvalue weighted by molar-refractivity contribution is 0.0996. The lowest BCUT2D eigenvalue weighted by Crippen LogP contribution is -1.93. The zero-order valence-electron chi connectivity index (χ0n) is 5.36. The van der Waals surface area contributed by atoms with Crippen LogP contribution in [0.1, 0.15) is 10.5 Å². The fourth-order valence-electron chi connectivity index (χ4n) is 0.497. The lowest BCUT2D eigenvalue weighted by Gasteiger charge is -1.84. The Kier molecular flexibility index (Phi) is 2.88. The monoisotopic (exact) mass is 222 g/mol. The van der Waals surface area contributed by atoms with E-state index in [0.29, 0.717) is 0 Å². The molecule has 0 radical (unpaired) electrons. The number of azide groups is 1. The molecule has 5 nitrogen and oxygen atoms in total. The van der Waals surface area contributed by atoms with Gasteiger partial charge in [-0.1, -0.05) is 34.5 Å². The summed E-state index contributed by atoms with van der Waals surface area (Å²) in [4.78, 5) is 16.7. The van der Waals surface area contributed by atoms with Crippen molar-refractivity contribution in [3.63, 3.8) is 0 Å². The number of carbonyl (C=O) groups is 1. The van der Waals surface area contributed by atoms with Crippen molar-refractivity contribution in [2.24, 2.45) is 5.11 Å². The first-order valence-electron chi connectivity index (χ1n) is 2.56. The topological polar surface area (TPSA) is 78.7 Å². The zero-order chi connectivity index (χ0) is 9.14. The molecule has 0 fully saturated rings. The largest absolute Gasteiger partial charge is 0.285 e. The van der Waals surface area contributed by atoms with Gasteiger partial charge in [-0.3, -0.25) is 4.79 Å². The molecule has 0 aliphatic heterocycles. The Morgan fingerprint density at radius 1 is 1.67 bits per heavy atom. The minimum absolute atomic E-state index is 0.107. The molecular formula is C4Cl2N4OS. The Hall–Kier alpha value is -0.810. The van der Waals surface area contributed by atoms with Crippen LogP contribution >= 0.6 is 34.5 Å². The fourth-order valence-corrected chi connectivity index (χ4v) is 1.79. The maximum Gasteiger partial charge on any atom is 0.269 e. The van der Waals surface area contributed by atoms with Gasteiger partial charge in [0.2, 0.25) is 0 Å². The first-order valence-corrected chi connectivity index (χ1v) is 4.13. The molecule has 8 heteroatoms. The number of carbonyl (C=O) groups excluding carboxylic acids is 1. The van der Waals surface area contributed by atoms with Gasteiger partial charge < -0.3 is 0 Å². The summed E-state index contributed by atoms with van der Waals surface area (Å²) < 4.78 is 0.258. The molecule has 1 aromatic rings. The zero-order valence-corrected chi connectivity index (χ0v) is 7.69. The van der Waals surface area contributed by atoms with Crippen molar-refractivity contribution >= 4 is 40.4 Å². The van der Waals surface area contributed by atoms with Crippen LogP contribution in [-0.4, -0.2) is 10.9 Å². The van der Waals surface area contributed by atoms with Crippen molar-refractivity contribution in [3.05, 3.63) is 24.9 Å². The summed E-state index contributed by atoms with van der Waals surface area (Å²) >= 11 is 11.9. The molecule has 0 saturated carbocycles. The van der Waals surface area contributed by atoms with E-state index in [1.165, 1.54) is 0 Å². The van der Waals surface area contributed by atoms with Gasteiger partial charge in [0.1, 0.15) is 10.0 Å². The molecule has 1 aromatic heterocycles. The number of rotatable bonds is 1. The Morgan fingerprint density at radius 2 is 2.33 bits per heavy atom. The molecule has 0 aliphatic rings. The van der Waals surface area contributed by atoms with Gasteiger partial charge >= 0.3 is 0 Å². The molecule has 1 amide bonds. The lowest BCUT2D eigenvalue weighted by atomic mass is 10.5. The maximum absolute atomic E-state index is 10.9. The molecular weight excluding hydrogens is 223 g/mol. The minimum atomic E-state index is -0.828. The van der Waals surface area contributed by atoms with Gasteiger partial charge in [0.15, 0.2) is 4.47 Å². The third-order valence-corrected chi connectivity index (χ3v) is 2.26. The van der Waals surface area contributed by atoms with Crippen LogP contribution in [0.5, 0.6) is 0 Å². The van der Waals surface area contributed by atoms with Crippen LogP contribution in [0, 0.1) is 0 Å². The first kappa shape index (κ1) is 9.28. The highest BCUT2D eigenvalue weighted by Crippen LogP contribution is 2.27. The van der Waals surface area contributed by atoms with E-state index in [2.05, 4.69) is 15.0 Å². The number of aromatic nitrogens is 1. The smallest absolute Gasteiger partial charge is 0.269 e. The third-order valence-electron chi connectivity index (χ3n) is 0.898. The highest BCUT2D eigenvalue weighted by molar-refractivity contribution is 7.19. The molecule has 1 heterocycles. The molecule has 0 unspecified atom stereocenters. The van der Waals surface area contributed by atoms with Crippen LogP contribution in [0.2, 0.25) is 8.80 Å². The Balaban J connectivity index is 3.10. The normalized spacial score (nSPS) is 9.17. The maximum atomic E-state index is 10.9. The van der Waals surface area contributed by atoms with Gasteiger partial charge in [-0.05, 0) is 10.6 Å². The van der Waals surface area contributed by atoms with Crippen molar-refractivity contribution in [2.75, 3.05) is 0 Å². The van der Waals surface area contributed by atoms with Gasteiger partial charge in [-0.15, -0.1) is 0 Å². The number of thiazole rings is 1. The summed E-state index contributed by atoms with van der Waals surface area (Å²) in [6.07, 6.45) is 0. The fraction of sp³-hybridized carbons (Fsp3) is 0. The average Bonchev–Trinajstić information content (AvgIpc) is 2.30. The predicted octanol–water partition coefficient (Wildman–Crippen LogP) is 2.90. The summed E-state index contributed by atoms with van der Waals surface area (Å²) in [7, 11) is 0. The van der Waals surface area contributed by atoms with E-state index in [4.69, 9.17) is 28.7 Å². The number of hydrogen-bond donors (Lipinski definition) is 0. The molecule has 0 N–H and O–H groups in total. The molecule has 0 saturated heterocycles. The van der Waals surface area contributed by atoms with Crippen molar-refractivity contribution < 1.29 is 4.79 Å². The van der Waals surface area contributed by atoms with Gasteiger partial charge in [-0.25, -0.2) is 4.98 Å². The highest BCUT2D eigenvalue weighted by atomic mass is 35.5. The second kappa shape index (κ2) is 3.73. The van der Waals surface area contributed by atoms with E-state index in [-0.39, 0.29) is 14.5 Å². The van der Waals surface area contributed by atoms with E-state index in [0.717, 1.165) is 11.3 Å². The minimum Gasteiger partial charge on any atom is -0.285 e. The Bertz CT molecular complexity index is 369. The van der Waals surface area contributed by atoms with E-state index in [9.17, 15) is 4.79 Å². The molecule has 62 valence electrons. The SMILES string of the molecule is [N-]=[N+]=NC(=O)c1nc(Cl)sc1Cl. The van der Waals surface area contributed by atoms with Gasteiger partial charge in [0, 0.05) is 4.91 Å². The molecule has 1 rings (SSSR count). The van der Waals surface area contributed by atoms with Crippen LogP contribution in [0.3, 0.4) is 0 Å². The molecule has 0 aliphatic carbocycles. The van der Waals surface area contributed by atoms with Crippen LogP contribution in [0.25, 0.3) is 10.4 Å². The van der Waals surface area contributed by atoms with Crippen LogP contribution in [0.15, 0.2) is 5.11 Å². The van der Waals surface area contributed by atoms with Gasteiger partial charge in [-0.2, -0.15) is 0 Å². The van der Waals surface area contributed by atoms with Crippen molar-refractivity contribution in [1.82, 2.24) is 4.98 Å². The molecule has 0 aromatic carbocycles. The summed E-state index contributed by atoms with van der Waals surface area (Å²) in [5, 5.41) is 2.81. The summed E-state index contributed by atoms with van der Waals surface area (Å²) in [6.45, 7) is 0. The van der Waals surface area contributed by atoms with Crippen molar-refractivity contribution in [1.29, 1.82) is 0 Å². The predicted molar refractivity (Wildman–Crippen MR) is 45.6 cm³/mol. The summed E-state index contributed by atoms with van der Waals surface area (Å²) in [6, 6.07) is 0.